The van der Waals surface area contributed by atoms with Gasteiger partial charge >= 0.3 is 0 Å². The Balaban J connectivity index is 1.54. The molecule has 3 aliphatic rings. The number of carbonyl (C=O) groups excluding carboxylic acids is 2. The predicted molar refractivity (Wildman–Crippen MR) is 106 cm³/mol. The zero-order chi connectivity index (χ0) is 19.4. The van der Waals surface area contributed by atoms with Crippen LogP contribution in [0.5, 0.6) is 0 Å². The van der Waals surface area contributed by atoms with E-state index in [1.54, 1.807) is 7.11 Å². The van der Waals surface area contributed by atoms with E-state index < -0.39 is 0 Å². The van der Waals surface area contributed by atoms with E-state index in [2.05, 4.69) is 4.90 Å². The van der Waals surface area contributed by atoms with Gasteiger partial charge in [-0.25, -0.2) is 0 Å². The number of amides is 2. The SMILES string of the molecule is COC(C(=O)N1CC(C2CCCCN(C(=O)C=C3CCCC3)C2)C1)C(C)C. The third-order valence-corrected chi connectivity index (χ3v) is 6.58. The molecule has 1 saturated carbocycles. The molecule has 27 heavy (non-hydrogen) atoms. The summed E-state index contributed by atoms with van der Waals surface area (Å²) in [7, 11) is 1.62. The molecule has 0 N–H and O–H groups in total. The molecule has 2 saturated heterocycles. The van der Waals surface area contributed by atoms with Crippen molar-refractivity contribution >= 4 is 11.8 Å². The van der Waals surface area contributed by atoms with Crippen LogP contribution in [0, 0.1) is 17.8 Å². The summed E-state index contributed by atoms with van der Waals surface area (Å²) in [5, 5.41) is 0. The Bertz CT molecular complexity index is 558. The minimum absolute atomic E-state index is 0.122. The first-order chi connectivity index (χ1) is 13.0. The van der Waals surface area contributed by atoms with Gasteiger partial charge in [0.1, 0.15) is 6.10 Å². The molecule has 0 bridgehead atoms. The molecule has 0 radical (unpaired) electrons. The standard InChI is InChI=1S/C22H36N2O3/c1-16(2)21(27-3)22(26)24-14-19(15-24)18-10-6-7-11-23(13-18)20(25)12-17-8-4-5-9-17/h12,16,18-19,21H,4-11,13-15H2,1-3H3. The van der Waals surface area contributed by atoms with Crippen LogP contribution in [0.1, 0.15) is 58.8 Å². The van der Waals surface area contributed by atoms with Gasteiger partial charge in [0.15, 0.2) is 0 Å². The fourth-order valence-electron chi connectivity index (χ4n) is 4.83. The maximum absolute atomic E-state index is 12.7. The number of rotatable bonds is 5. The second-order valence-electron chi connectivity index (χ2n) is 8.95. The maximum atomic E-state index is 12.7. The molecular weight excluding hydrogens is 340 g/mol. The van der Waals surface area contributed by atoms with Gasteiger partial charge in [0, 0.05) is 39.4 Å². The van der Waals surface area contributed by atoms with E-state index in [0.29, 0.717) is 11.8 Å². The number of nitrogens with zero attached hydrogens (tertiary/aromatic N) is 2. The lowest BCUT2D eigenvalue weighted by Crippen LogP contribution is -2.57. The summed E-state index contributed by atoms with van der Waals surface area (Å²) >= 11 is 0. The average molecular weight is 377 g/mol. The number of carbonyl (C=O) groups is 2. The molecule has 2 heterocycles. The van der Waals surface area contributed by atoms with Crippen LogP contribution in [0.15, 0.2) is 11.6 Å². The zero-order valence-corrected chi connectivity index (χ0v) is 17.3. The number of methoxy groups -OCH3 is 1. The number of ether oxygens (including phenoxy) is 1. The normalized spacial score (nSPS) is 25.3. The highest BCUT2D eigenvalue weighted by Gasteiger charge is 2.40. The molecule has 5 nitrogen and oxygen atoms in total. The van der Waals surface area contributed by atoms with Crippen LogP contribution < -0.4 is 0 Å². The van der Waals surface area contributed by atoms with Crippen molar-refractivity contribution in [3.8, 4) is 0 Å². The summed E-state index contributed by atoms with van der Waals surface area (Å²) in [6.45, 7) is 7.42. The first-order valence-electron chi connectivity index (χ1n) is 10.8. The Labute approximate surface area is 164 Å². The first kappa shape index (κ1) is 20.4. The number of hydrogen-bond acceptors (Lipinski definition) is 3. The quantitative estimate of drug-likeness (QED) is 0.692. The van der Waals surface area contributed by atoms with Crippen LogP contribution in [0.3, 0.4) is 0 Å². The van der Waals surface area contributed by atoms with Crippen LogP contribution in [-0.4, -0.2) is 61.0 Å². The van der Waals surface area contributed by atoms with E-state index in [1.807, 2.05) is 24.8 Å². The molecule has 2 atom stereocenters. The van der Waals surface area contributed by atoms with Gasteiger partial charge in [-0.05, 0) is 56.3 Å². The molecule has 0 aromatic rings. The van der Waals surface area contributed by atoms with Crippen molar-refractivity contribution < 1.29 is 14.3 Å². The Hall–Kier alpha value is -1.36. The van der Waals surface area contributed by atoms with Crippen molar-refractivity contribution in [3.05, 3.63) is 11.6 Å². The number of allylic oxidation sites excluding steroid dienone is 1. The summed E-state index contributed by atoms with van der Waals surface area (Å²) in [5.74, 6) is 1.56. The van der Waals surface area contributed by atoms with Crippen molar-refractivity contribution in [1.29, 1.82) is 0 Å². The fraction of sp³-hybridized carbons (Fsp3) is 0.818. The second kappa shape index (κ2) is 9.22. The summed E-state index contributed by atoms with van der Waals surface area (Å²) in [5.41, 5.74) is 1.33. The Morgan fingerprint density at radius 3 is 2.30 bits per heavy atom. The molecule has 5 heteroatoms. The van der Waals surface area contributed by atoms with E-state index in [-0.39, 0.29) is 23.8 Å². The predicted octanol–water partition coefficient (Wildman–Crippen LogP) is 3.24. The highest BCUT2D eigenvalue weighted by atomic mass is 16.5. The van der Waals surface area contributed by atoms with Gasteiger partial charge in [-0.2, -0.15) is 0 Å². The molecule has 2 unspecified atom stereocenters. The molecular formula is C22H36N2O3. The number of hydrogen-bond donors (Lipinski definition) is 0. The molecule has 0 aromatic carbocycles. The van der Waals surface area contributed by atoms with Crippen molar-refractivity contribution in [2.45, 2.75) is 64.9 Å². The second-order valence-corrected chi connectivity index (χ2v) is 8.95. The molecule has 0 spiro atoms. The van der Waals surface area contributed by atoms with Gasteiger partial charge in [0.2, 0.25) is 5.91 Å². The molecule has 2 aliphatic heterocycles. The highest BCUT2D eigenvalue weighted by molar-refractivity contribution is 5.88. The largest absolute Gasteiger partial charge is 0.371 e. The van der Waals surface area contributed by atoms with Crippen LogP contribution in [-0.2, 0) is 14.3 Å². The zero-order valence-electron chi connectivity index (χ0n) is 17.3. The van der Waals surface area contributed by atoms with Crippen LogP contribution in [0.2, 0.25) is 0 Å². The van der Waals surface area contributed by atoms with E-state index >= 15 is 0 Å². The molecule has 0 aromatic heterocycles. The van der Waals surface area contributed by atoms with Crippen molar-refractivity contribution in [2.75, 3.05) is 33.3 Å². The summed E-state index contributed by atoms with van der Waals surface area (Å²) < 4.78 is 5.39. The summed E-state index contributed by atoms with van der Waals surface area (Å²) in [6, 6.07) is 0. The highest BCUT2D eigenvalue weighted by Crippen LogP contribution is 2.32. The topological polar surface area (TPSA) is 49.9 Å². The average Bonchev–Trinajstić information content (AvgIpc) is 2.97. The monoisotopic (exact) mass is 376 g/mol. The third-order valence-electron chi connectivity index (χ3n) is 6.58. The van der Waals surface area contributed by atoms with Gasteiger partial charge in [0.25, 0.3) is 5.91 Å². The Morgan fingerprint density at radius 1 is 1.00 bits per heavy atom. The Kier molecular flexibility index (Phi) is 6.96. The lowest BCUT2D eigenvalue weighted by atomic mass is 9.82. The molecule has 3 rings (SSSR count). The maximum Gasteiger partial charge on any atom is 0.251 e. The van der Waals surface area contributed by atoms with Gasteiger partial charge in [0.05, 0.1) is 0 Å². The van der Waals surface area contributed by atoms with Crippen molar-refractivity contribution in [3.63, 3.8) is 0 Å². The molecule has 1 aliphatic carbocycles. The van der Waals surface area contributed by atoms with Gasteiger partial charge in [-0.15, -0.1) is 0 Å². The van der Waals surface area contributed by atoms with Gasteiger partial charge in [-0.1, -0.05) is 25.8 Å². The van der Waals surface area contributed by atoms with Crippen LogP contribution in [0.25, 0.3) is 0 Å². The lowest BCUT2D eigenvalue weighted by Gasteiger charge is -2.45. The van der Waals surface area contributed by atoms with Gasteiger partial charge in [-0.3, -0.25) is 9.59 Å². The minimum Gasteiger partial charge on any atom is -0.371 e. The molecule has 152 valence electrons. The van der Waals surface area contributed by atoms with E-state index in [1.165, 1.54) is 31.3 Å². The van der Waals surface area contributed by atoms with Crippen molar-refractivity contribution in [2.24, 2.45) is 17.8 Å². The summed E-state index contributed by atoms with van der Waals surface area (Å²) in [4.78, 5) is 29.3. The van der Waals surface area contributed by atoms with E-state index in [4.69, 9.17) is 4.74 Å². The minimum atomic E-state index is -0.337. The van der Waals surface area contributed by atoms with Crippen LogP contribution in [0.4, 0.5) is 0 Å². The first-order valence-corrected chi connectivity index (χ1v) is 10.8. The fourth-order valence-corrected chi connectivity index (χ4v) is 4.83. The van der Waals surface area contributed by atoms with Crippen molar-refractivity contribution in [1.82, 2.24) is 9.80 Å². The van der Waals surface area contributed by atoms with Gasteiger partial charge < -0.3 is 14.5 Å². The smallest absolute Gasteiger partial charge is 0.251 e. The van der Waals surface area contributed by atoms with Crippen LogP contribution >= 0.6 is 0 Å². The lowest BCUT2D eigenvalue weighted by molar-refractivity contribution is -0.153. The molecule has 2 amide bonds. The number of likely N-dealkylation sites (tertiary alicyclic amines) is 2. The van der Waals surface area contributed by atoms with E-state index in [9.17, 15) is 9.59 Å². The molecule has 3 fully saturated rings. The van der Waals surface area contributed by atoms with E-state index in [0.717, 1.165) is 45.4 Å². The third kappa shape index (κ3) is 4.92. The summed E-state index contributed by atoms with van der Waals surface area (Å²) in [6.07, 6.45) is 9.68. The Morgan fingerprint density at radius 2 is 1.67 bits per heavy atom.